The van der Waals surface area contributed by atoms with E-state index in [2.05, 4.69) is 43.2 Å². The molecule has 4 nitrogen and oxygen atoms in total. The lowest BCUT2D eigenvalue weighted by atomic mass is 9.97. The Kier molecular flexibility index (Phi) is 3.70. The molecule has 1 fully saturated rings. The molecule has 2 heterocycles. The Hall–Kier alpha value is -1.72. The second-order valence-corrected chi connectivity index (χ2v) is 7.39. The SMILES string of the molecule is CCC(C)c1ccc(-c2nc3sc(C4CC4)nn3c2CO)cc1. The number of hydrogen-bond donors (Lipinski definition) is 1. The fraction of sp³-hybridized carbons (Fsp3) is 0.444. The van der Waals surface area contributed by atoms with Crippen LogP contribution in [0.3, 0.4) is 0 Å². The van der Waals surface area contributed by atoms with Crippen LogP contribution in [0.4, 0.5) is 0 Å². The number of aromatic nitrogens is 3. The molecule has 0 bridgehead atoms. The molecular weight excluding hydrogens is 306 g/mol. The first-order valence-corrected chi connectivity index (χ1v) is 9.12. The van der Waals surface area contributed by atoms with Crippen molar-refractivity contribution in [3.63, 3.8) is 0 Å². The second-order valence-electron chi connectivity index (χ2n) is 6.41. The number of aliphatic hydroxyl groups is 1. The monoisotopic (exact) mass is 327 g/mol. The predicted molar refractivity (Wildman–Crippen MR) is 92.9 cm³/mol. The molecule has 1 unspecified atom stereocenters. The smallest absolute Gasteiger partial charge is 0.213 e. The Labute approximate surface area is 139 Å². The fourth-order valence-corrected chi connectivity index (χ4v) is 3.96. The van der Waals surface area contributed by atoms with Crippen molar-refractivity contribution < 1.29 is 5.11 Å². The molecule has 23 heavy (non-hydrogen) atoms. The van der Waals surface area contributed by atoms with Crippen molar-refractivity contribution in [2.45, 2.75) is 51.6 Å². The Bertz CT molecular complexity index is 830. The van der Waals surface area contributed by atoms with Gasteiger partial charge in [0.1, 0.15) is 5.01 Å². The van der Waals surface area contributed by atoms with Gasteiger partial charge in [0.2, 0.25) is 4.96 Å². The van der Waals surface area contributed by atoms with Gasteiger partial charge in [-0.2, -0.15) is 5.10 Å². The van der Waals surface area contributed by atoms with Gasteiger partial charge in [-0.05, 0) is 30.7 Å². The van der Waals surface area contributed by atoms with Crippen molar-refractivity contribution in [3.05, 3.63) is 40.5 Å². The molecule has 1 N–H and O–H groups in total. The zero-order chi connectivity index (χ0) is 16.0. The van der Waals surface area contributed by atoms with Crippen LogP contribution in [0.2, 0.25) is 0 Å². The predicted octanol–water partition coefficient (Wildman–Crippen LogP) is 4.34. The maximum Gasteiger partial charge on any atom is 0.213 e. The number of rotatable bonds is 5. The van der Waals surface area contributed by atoms with Crippen molar-refractivity contribution >= 4 is 16.3 Å². The molecule has 1 aliphatic carbocycles. The first kappa shape index (κ1) is 14.8. The standard InChI is InChI=1S/C18H21N3OS/c1-3-11(2)12-4-6-13(7-5-12)16-15(10-22)21-18(19-16)23-17(20-21)14-8-9-14/h4-7,11,14,22H,3,8-10H2,1-2H3. The summed E-state index contributed by atoms with van der Waals surface area (Å²) in [5.74, 6) is 1.18. The molecule has 3 aromatic rings. The molecule has 1 saturated carbocycles. The van der Waals surface area contributed by atoms with Crippen LogP contribution < -0.4 is 0 Å². The van der Waals surface area contributed by atoms with Gasteiger partial charge in [0.15, 0.2) is 0 Å². The lowest BCUT2D eigenvalue weighted by Crippen LogP contribution is -1.97. The van der Waals surface area contributed by atoms with E-state index in [1.807, 2.05) is 4.52 Å². The van der Waals surface area contributed by atoms with Gasteiger partial charge in [0.05, 0.1) is 18.0 Å². The molecule has 2 aromatic heterocycles. The van der Waals surface area contributed by atoms with Gasteiger partial charge in [-0.15, -0.1) is 0 Å². The van der Waals surface area contributed by atoms with Crippen molar-refractivity contribution in [2.75, 3.05) is 0 Å². The number of aliphatic hydroxyl groups excluding tert-OH is 1. The second kappa shape index (κ2) is 5.73. The van der Waals surface area contributed by atoms with Gasteiger partial charge in [-0.25, -0.2) is 9.50 Å². The van der Waals surface area contributed by atoms with Crippen LogP contribution in [0.5, 0.6) is 0 Å². The molecule has 0 radical (unpaired) electrons. The van der Waals surface area contributed by atoms with Gasteiger partial charge >= 0.3 is 0 Å². The number of fused-ring (bicyclic) bond motifs is 1. The van der Waals surface area contributed by atoms with Gasteiger partial charge in [0.25, 0.3) is 0 Å². The van der Waals surface area contributed by atoms with E-state index < -0.39 is 0 Å². The van der Waals surface area contributed by atoms with Crippen LogP contribution in [-0.2, 0) is 6.61 Å². The van der Waals surface area contributed by atoms with Crippen LogP contribution in [0.1, 0.15) is 61.2 Å². The summed E-state index contributed by atoms with van der Waals surface area (Å²) in [4.78, 5) is 5.62. The zero-order valence-corrected chi connectivity index (χ0v) is 14.3. The summed E-state index contributed by atoms with van der Waals surface area (Å²) in [5.41, 5.74) is 4.03. The molecule has 1 atom stereocenters. The van der Waals surface area contributed by atoms with Gasteiger partial charge in [-0.3, -0.25) is 0 Å². The molecule has 0 aliphatic heterocycles. The van der Waals surface area contributed by atoms with Gasteiger partial charge in [0, 0.05) is 11.5 Å². The summed E-state index contributed by atoms with van der Waals surface area (Å²) >= 11 is 1.65. The van der Waals surface area contributed by atoms with Crippen LogP contribution in [0, 0.1) is 0 Å². The molecule has 0 saturated heterocycles. The first-order valence-electron chi connectivity index (χ1n) is 8.30. The Morgan fingerprint density at radius 2 is 2.04 bits per heavy atom. The summed E-state index contributed by atoms with van der Waals surface area (Å²) in [6, 6.07) is 8.55. The Morgan fingerprint density at radius 1 is 1.30 bits per heavy atom. The number of imidazole rings is 1. The molecule has 0 amide bonds. The summed E-state index contributed by atoms with van der Waals surface area (Å²) in [5, 5.41) is 15.6. The normalized spacial score (nSPS) is 16.1. The van der Waals surface area contributed by atoms with E-state index >= 15 is 0 Å². The van der Waals surface area contributed by atoms with Crippen molar-refractivity contribution in [1.29, 1.82) is 0 Å². The molecule has 1 aromatic carbocycles. The molecule has 1 aliphatic rings. The average Bonchev–Trinajstić information content (AvgIpc) is 3.26. The number of nitrogens with zero attached hydrogens (tertiary/aromatic N) is 3. The first-order chi connectivity index (χ1) is 11.2. The van der Waals surface area contributed by atoms with Crippen LogP contribution in [-0.4, -0.2) is 19.7 Å². The van der Waals surface area contributed by atoms with Crippen LogP contribution >= 0.6 is 11.3 Å². The number of benzene rings is 1. The largest absolute Gasteiger partial charge is 0.390 e. The maximum atomic E-state index is 9.81. The van der Waals surface area contributed by atoms with E-state index in [0.717, 1.165) is 33.3 Å². The Balaban J connectivity index is 1.74. The summed E-state index contributed by atoms with van der Waals surface area (Å²) in [6.45, 7) is 4.40. The van der Waals surface area contributed by atoms with Crippen molar-refractivity contribution in [2.24, 2.45) is 0 Å². The average molecular weight is 327 g/mol. The summed E-state index contributed by atoms with van der Waals surface area (Å²) in [6.07, 6.45) is 3.60. The van der Waals surface area contributed by atoms with Gasteiger partial charge in [-0.1, -0.05) is 49.4 Å². The third-order valence-corrected chi connectivity index (χ3v) is 5.82. The van der Waals surface area contributed by atoms with Gasteiger partial charge < -0.3 is 5.11 Å². The third-order valence-electron chi connectivity index (χ3n) is 4.75. The third kappa shape index (κ3) is 2.58. The molecule has 5 heteroatoms. The summed E-state index contributed by atoms with van der Waals surface area (Å²) < 4.78 is 1.83. The van der Waals surface area contributed by atoms with E-state index in [4.69, 9.17) is 4.98 Å². The van der Waals surface area contributed by atoms with Crippen molar-refractivity contribution in [1.82, 2.24) is 14.6 Å². The maximum absolute atomic E-state index is 9.81. The topological polar surface area (TPSA) is 50.4 Å². The van der Waals surface area contributed by atoms with Crippen LogP contribution in [0.25, 0.3) is 16.2 Å². The van der Waals surface area contributed by atoms with E-state index in [9.17, 15) is 5.11 Å². The van der Waals surface area contributed by atoms with E-state index in [1.54, 1.807) is 11.3 Å². The highest BCUT2D eigenvalue weighted by Crippen LogP contribution is 2.42. The molecule has 0 spiro atoms. The Morgan fingerprint density at radius 3 is 2.65 bits per heavy atom. The highest BCUT2D eigenvalue weighted by Gasteiger charge is 2.29. The minimum Gasteiger partial charge on any atom is -0.390 e. The highest BCUT2D eigenvalue weighted by atomic mass is 32.1. The molecule has 4 rings (SSSR count). The molecular formula is C18H21N3OS. The molecule has 120 valence electrons. The quantitative estimate of drug-likeness (QED) is 0.758. The summed E-state index contributed by atoms with van der Waals surface area (Å²) in [7, 11) is 0. The van der Waals surface area contributed by atoms with Crippen molar-refractivity contribution in [3.8, 4) is 11.3 Å². The lowest BCUT2D eigenvalue weighted by Gasteiger charge is -2.09. The van der Waals surface area contributed by atoms with E-state index in [1.165, 1.54) is 18.4 Å². The number of hydrogen-bond acceptors (Lipinski definition) is 4. The van der Waals surface area contributed by atoms with E-state index in [-0.39, 0.29) is 6.61 Å². The van der Waals surface area contributed by atoms with Crippen LogP contribution in [0.15, 0.2) is 24.3 Å². The lowest BCUT2D eigenvalue weighted by molar-refractivity contribution is 0.275. The minimum absolute atomic E-state index is 0.0442. The zero-order valence-electron chi connectivity index (χ0n) is 13.5. The fourth-order valence-electron chi connectivity index (χ4n) is 2.88. The highest BCUT2D eigenvalue weighted by molar-refractivity contribution is 7.16. The minimum atomic E-state index is -0.0442. The van der Waals surface area contributed by atoms with E-state index in [0.29, 0.717) is 11.8 Å².